The van der Waals surface area contributed by atoms with Gasteiger partial charge in [0.1, 0.15) is 0 Å². The minimum absolute atomic E-state index is 0.0612. The molecule has 4 atom stereocenters. The summed E-state index contributed by atoms with van der Waals surface area (Å²) in [5.41, 5.74) is 2.06. The van der Waals surface area contributed by atoms with Crippen molar-refractivity contribution in [3.63, 3.8) is 0 Å². The summed E-state index contributed by atoms with van der Waals surface area (Å²) in [7, 11) is 0. The zero-order valence-electron chi connectivity index (χ0n) is 14.9. The summed E-state index contributed by atoms with van der Waals surface area (Å²) in [6.07, 6.45) is 9.74. The molecule has 1 heterocycles. The Morgan fingerprint density at radius 1 is 1.00 bits per heavy atom. The van der Waals surface area contributed by atoms with E-state index in [0.29, 0.717) is 11.3 Å². The van der Waals surface area contributed by atoms with Crippen molar-refractivity contribution in [1.82, 2.24) is 4.90 Å². The molecule has 1 amide bonds. The van der Waals surface area contributed by atoms with Crippen LogP contribution in [-0.4, -0.2) is 23.9 Å². The van der Waals surface area contributed by atoms with Gasteiger partial charge in [-0.3, -0.25) is 4.79 Å². The molecule has 0 N–H and O–H groups in total. The fourth-order valence-electron chi connectivity index (χ4n) is 7.53. The summed E-state index contributed by atoms with van der Waals surface area (Å²) >= 11 is 0. The molecule has 0 radical (unpaired) electrons. The highest BCUT2D eigenvalue weighted by Crippen LogP contribution is 2.70. The second kappa shape index (κ2) is 4.86. The number of amides is 1. The Morgan fingerprint density at radius 2 is 1.75 bits per heavy atom. The molecule has 4 aliphatic carbocycles. The molecule has 6 rings (SSSR count). The quantitative estimate of drug-likeness (QED) is 0.782. The number of nitrogens with zero attached hydrogens (tertiary/aromatic N) is 1. The lowest BCUT2D eigenvalue weighted by Gasteiger charge is -2.66. The maximum atomic E-state index is 13.5. The molecule has 4 bridgehead atoms. The molecular formula is C22H29NO. The van der Waals surface area contributed by atoms with Gasteiger partial charge in [-0.25, -0.2) is 0 Å². The standard InChI is InChI=1S/C22H29NO/c1-20-11-17-12-21(14-20,18-7-3-2-4-8-18)16-22(13-17,15-20)19(24)23-9-5-6-10-23/h2-4,7-8,17H,5-6,9-16H2,1H3/t17?,20-,21-,22?/m1/s1. The highest BCUT2D eigenvalue weighted by Gasteiger charge is 2.65. The molecular weight excluding hydrogens is 294 g/mol. The van der Waals surface area contributed by atoms with E-state index in [1.165, 1.54) is 37.7 Å². The first kappa shape index (κ1) is 15.0. The summed E-state index contributed by atoms with van der Waals surface area (Å²) in [6, 6.07) is 11.1. The number of benzene rings is 1. The average molecular weight is 323 g/mol. The largest absolute Gasteiger partial charge is 0.342 e. The van der Waals surface area contributed by atoms with E-state index in [0.717, 1.165) is 38.3 Å². The third-order valence-corrected chi connectivity index (χ3v) is 7.58. The Balaban J connectivity index is 1.57. The Bertz CT molecular complexity index is 664. The molecule has 2 unspecified atom stereocenters. The first-order valence-corrected chi connectivity index (χ1v) is 9.88. The van der Waals surface area contributed by atoms with Gasteiger partial charge in [0.05, 0.1) is 5.41 Å². The molecule has 4 saturated carbocycles. The van der Waals surface area contributed by atoms with Gasteiger partial charge in [0.25, 0.3) is 0 Å². The van der Waals surface area contributed by atoms with Crippen LogP contribution in [0.1, 0.15) is 63.9 Å². The maximum absolute atomic E-state index is 13.5. The van der Waals surface area contributed by atoms with Gasteiger partial charge >= 0.3 is 0 Å². The summed E-state index contributed by atoms with van der Waals surface area (Å²) in [4.78, 5) is 15.7. The minimum Gasteiger partial charge on any atom is -0.342 e. The first-order chi connectivity index (χ1) is 11.5. The predicted octanol–water partition coefficient (Wildman–Crippen LogP) is 4.54. The van der Waals surface area contributed by atoms with Gasteiger partial charge < -0.3 is 4.90 Å². The van der Waals surface area contributed by atoms with Gasteiger partial charge in [-0.05, 0) is 73.7 Å². The van der Waals surface area contributed by atoms with E-state index in [1.807, 2.05) is 0 Å². The zero-order valence-corrected chi connectivity index (χ0v) is 14.9. The van der Waals surface area contributed by atoms with E-state index in [1.54, 1.807) is 0 Å². The lowest BCUT2D eigenvalue weighted by molar-refractivity contribution is -0.169. The van der Waals surface area contributed by atoms with Crippen molar-refractivity contribution >= 4 is 5.91 Å². The van der Waals surface area contributed by atoms with Crippen LogP contribution in [0.2, 0.25) is 0 Å². The van der Waals surface area contributed by atoms with Crippen molar-refractivity contribution in [2.24, 2.45) is 16.7 Å². The van der Waals surface area contributed by atoms with Crippen LogP contribution in [-0.2, 0) is 10.2 Å². The maximum Gasteiger partial charge on any atom is 0.228 e. The van der Waals surface area contributed by atoms with Gasteiger partial charge in [0.15, 0.2) is 0 Å². The van der Waals surface area contributed by atoms with E-state index in [-0.39, 0.29) is 10.8 Å². The predicted molar refractivity (Wildman–Crippen MR) is 95.7 cm³/mol. The normalized spacial score (nSPS) is 43.4. The molecule has 2 nitrogen and oxygen atoms in total. The second-order valence-electron chi connectivity index (χ2n) is 9.75. The molecule has 1 aromatic carbocycles. The zero-order chi connectivity index (χ0) is 16.4. The fraction of sp³-hybridized carbons (Fsp3) is 0.682. The van der Waals surface area contributed by atoms with E-state index in [9.17, 15) is 4.79 Å². The monoisotopic (exact) mass is 323 g/mol. The van der Waals surface area contributed by atoms with E-state index in [4.69, 9.17) is 0 Å². The smallest absolute Gasteiger partial charge is 0.228 e. The van der Waals surface area contributed by atoms with Gasteiger partial charge in [0, 0.05) is 13.1 Å². The Labute approximate surface area is 145 Å². The van der Waals surface area contributed by atoms with Crippen molar-refractivity contribution < 1.29 is 4.79 Å². The SMILES string of the molecule is C[C@]12CC3CC(C(=O)N4CCCC4)(C1)C[C@@](c1ccccc1)(C3)C2. The molecule has 0 aromatic heterocycles. The van der Waals surface area contributed by atoms with Crippen LogP contribution in [0, 0.1) is 16.7 Å². The molecule has 1 aromatic rings. The summed E-state index contributed by atoms with van der Waals surface area (Å²) in [6.45, 7) is 4.47. The van der Waals surface area contributed by atoms with Gasteiger partial charge in [-0.15, -0.1) is 0 Å². The number of carbonyl (C=O) groups is 1. The van der Waals surface area contributed by atoms with Crippen LogP contribution >= 0.6 is 0 Å². The highest BCUT2D eigenvalue weighted by molar-refractivity contribution is 5.84. The van der Waals surface area contributed by atoms with Crippen LogP contribution in [0.25, 0.3) is 0 Å². The molecule has 0 spiro atoms. The summed E-state index contributed by atoms with van der Waals surface area (Å²) < 4.78 is 0. The second-order valence-corrected chi connectivity index (χ2v) is 9.75. The van der Waals surface area contributed by atoms with Crippen LogP contribution in [0.15, 0.2) is 30.3 Å². The minimum atomic E-state index is -0.0612. The van der Waals surface area contributed by atoms with Crippen molar-refractivity contribution in [2.75, 3.05) is 13.1 Å². The summed E-state index contributed by atoms with van der Waals surface area (Å²) in [5.74, 6) is 1.26. The lowest BCUT2D eigenvalue weighted by atomic mass is 9.38. The van der Waals surface area contributed by atoms with Crippen LogP contribution in [0.3, 0.4) is 0 Å². The van der Waals surface area contributed by atoms with Crippen LogP contribution in [0.4, 0.5) is 0 Å². The van der Waals surface area contributed by atoms with E-state index < -0.39 is 0 Å². The topological polar surface area (TPSA) is 20.3 Å². The molecule has 1 aliphatic heterocycles. The molecule has 5 aliphatic rings. The highest BCUT2D eigenvalue weighted by atomic mass is 16.2. The van der Waals surface area contributed by atoms with E-state index in [2.05, 4.69) is 42.2 Å². The molecule has 5 fully saturated rings. The first-order valence-electron chi connectivity index (χ1n) is 9.88. The average Bonchev–Trinajstić information content (AvgIpc) is 3.07. The van der Waals surface area contributed by atoms with Crippen molar-refractivity contribution in [1.29, 1.82) is 0 Å². The van der Waals surface area contributed by atoms with Gasteiger partial charge in [-0.2, -0.15) is 0 Å². The molecule has 2 heteroatoms. The number of hydrogen-bond donors (Lipinski definition) is 0. The third kappa shape index (κ3) is 2.04. The van der Waals surface area contributed by atoms with Crippen LogP contribution < -0.4 is 0 Å². The number of carbonyl (C=O) groups excluding carboxylic acids is 1. The summed E-state index contributed by atoms with van der Waals surface area (Å²) in [5, 5.41) is 0. The Kier molecular flexibility index (Phi) is 3.04. The van der Waals surface area contributed by atoms with Gasteiger partial charge in [0.2, 0.25) is 5.91 Å². The number of hydrogen-bond acceptors (Lipinski definition) is 1. The lowest BCUT2D eigenvalue weighted by Crippen LogP contribution is -2.62. The fourth-order valence-corrected chi connectivity index (χ4v) is 7.53. The molecule has 128 valence electrons. The number of likely N-dealkylation sites (tertiary alicyclic amines) is 1. The molecule has 1 saturated heterocycles. The third-order valence-electron chi connectivity index (χ3n) is 7.58. The van der Waals surface area contributed by atoms with Crippen molar-refractivity contribution in [2.45, 2.75) is 63.7 Å². The number of rotatable bonds is 2. The Hall–Kier alpha value is -1.31. The Morgan fingerprint density at radius 3 is 2.46 bits per heavy atom. The van der Waals surface area contributed by atoms with Gasteiger partial charge in [-0.1, -0.05) is 37.3 Å². The van der Waals surface area contributed by atoms with Crippen LogP contribution in [0.5, 0.6) is 0 Å². The molecule has 24 heavy (non-hydrogen) atoms. The van der Waals surface area contributed by atoms with E-state index >= 15 is 0 Å². The van der Waals surface area contributed by atoms with Crippen molar-refractivity contribution in [3.05, 3.63) is 35.9 Å². The van der Waals surface area contributed by atoms with Crippen molar-refractivity contribution in [3.8, 4) is 0 Å².